The standard InChI is InChI=1S/C13H21NO3/c1-3-16-12-6-4-5-11(7-8-14)13(12)17-10-9-15-2/h4-6H,3,7-10,14H2,1-2H3. The molecular formula is C13H21NO3. The van der Waals surface area contributed by atoms with Crippen molar-refractivity contribution in [2.24, 2.45) is 5.73 Å². The van der Waals surface area contributed by atoms with Crippen molar-refractivity contribution < 1.29 is 14.2 Å². The number of ether oxygens (including phenoxy) is 3. The predicted molar refractivity (Wildman–Crippen MR) is 67.7 cm³/mol. The largest absolute Gasteiger partial charge is 0.490 e. The van der Waals surface area contributed by atoms with E-state index in [-0.39, 0.29) is 0 Å². The van der Waals surface area contributed by atoms with E-state index in [9.17, 15) is 0 Å². The van der Waals surface area contributed by atoms with E-state index in [0.717, 1.165) is 23.5 Å². The van der Waals surface area contributed by atoms with Gasteiger partial charge in [0.15, 0.2) is 11.5 Å². The molecule has 4 nitrogen and oxygen atoms in total. The Balaban J connectivity index is 2.83. The average Bonchev–Trinajstić information content (AvgIpc) is 2.33. The van der Waals surface area contributed by atoms with Crippen LogP contribution >= 0.6 is 0 Å². The molecule has 0 aromatic heterocycles. The lowest BCUT2D eigenvalue weighted by Gasteiger charge is -2.15. The van der Waals surface area contributed by atoms with Gasteiger partial charge in [0, 0.05) is 7.11 Å². The normalized spacial score (nSPS) is 10.3. The smallest absolute Gasteiger partial charge is 0.164 e. The molecule has 0 fully saturated rings. The van der Waals surface area contributed by atoms with Gasteiger partial charge in [-0.25, -0.2) is 0 Å². The lowest BCUT2D eigenvalue weighted by molar-refractivity contribution is 0.143. The fourth-order valence-corrected chi connectivity index (χ4v) is 1.57. The Morgan fingerprint density at radius 3 is 2.65 bits per heavy atom. The van der Waals surface area contributed by atoms with Crippen molar-refractivity contribution in [1.29, 1.82) is 0 Å². The van der Waals surface area contributed by atoms with Crippen molar-refractivity contribution in [1.82, 2.24) is 0 Å². The molecule has 0 saturated heterocycles. The van der Waals surface area contributed by atoms with Crippen LogP contribution in [0.5, 0.6) is 11.5 Å². The van der Waals surface area contributed by atoms with Gasteiger partial charge < -0.3 is 19.9 Å². The van der Waals surface area contributed by atoms with E-state index in [4.69, 9.17) is 19.9 Å². The molecule has 0 radical (unpaired) electrons. The van der Waals surface area contributed by atoms with E-state index >= 15 is 0 Å². The van der Waals surface area contributed by atoms with Crippen molar-refractivity contribution >= 4 is 0 Å². The zero-order valence-electron chi connectivity index (χ0n) is 10.6. The second kappa shape index (κ2) is 7.92. The third-order valence-electron chi connectivity index (χ3n) is 2.31. The van der Waals surface area contributed by atoms with Crippen LogP contribution in [-0.4, -0.2) is 33.5 Å². The van der Waals surface area contributed by atoms with Crippen molar-refractivity contribution in [3.63, 3.8) is 0 Å². The van der Waals surface area contributed by atoms with Crippen LogP contribution in [-0.2, 0) is 11.2 Å². The van der Waals surface area contributed by atoms with Crippen molar-refractivity contribution in [2.75, 3.05) is 33.5 Å². The van der Waals surface area contributed by atoms with Gasteiger partial charge in [0.1, 0.15) is 6.61 Å². The number of hydrogen-bond acceptors (Lipinski definition) is 4. The highest BCUT2D eigenvalue weighted by atomic mass is 16.5. The second-order valence-electron chi connectivity index (χ2n) is 3.56. The average molecular weight is 239 g/mol. The summed E-state index contributed by atoms with van der Waals surface area (Å²) in [4.78, 5) is 0. The summed E-state index contributed by atoms with van der Waals surface area (Å²) in [7, 11) is 1.65. The second-order valence-corrected chi connectivity index (χ2v) is 3.56. The summed E-state index contributed by atoms with van der Waals surface area (Å²) in [6.07, 6.45) is 0.781. The van der Waals surface area contributed by atoms with Crippen LogP contribution in [0.4, 0.5) is 0 Å². The lowest BCUT2D eigenvalue weighted by atomic mass is 10.1. The molecule has 0 atom stereocenters. The first-order valence-corrected chi connectivity index (χ1v) is 5.90. The Labute approximate surface area is 103 Å². The van der Waals surface area contributed by atoms with Gasteiger partial charge in [-0.05, 0) is 31.5 Å². The maximum Gasteiger partial charge on any atom is 0.164 e. The maximum atomic E-state index is 5.71. The highest BCUT2D eigenvalue weighted by Gasteiger charge is 2.10. The SMILES string of the molecule is CCOc1cccc(CCN)c1OCCOC. The quantitative estimate of drug-likeness (QED) is 0.700. The van der Waals surface area contributed by atoms with Crippen molar-refractivity contribution in [3.05, 3.63) is 23.8 Å². The van der Waals surface area contributed by atoms with Crippen LogP contribution in [0.2, 0.25) is 0 Å². The first kappa shape index (κ1) is 13.8. The predicted octanol–water partition coefficient (Wildman–Crippen LogP) is 1.61. The van der Waals surface area contributed by atoms with Crippen LogP contribution in [0.15, 0.2) is 18.2 Å². The van der Waals surface area contributed by atoms with E-state index in [1.165, 1.54) is 0 Å². The van der Waals surface area contributed by atoms with Gasteiger partial charge >= 0.3 is 0 Å². The van der Waals surface area contributed by atoms with E-state index in [2.05, 4.69) is 0 Å². The molecule has 0 aliphatic heterocycles. The molecule has 0 aliphatic rings. The highest BCUT2D eigenvalue weighted by Crippen LogP contribution is 2.31. The van der Waals surface area contributed by atoms with E-state index in [1.807, 2.05) is 25.1 Å². The summed E-state index contributed by atoms with van der Waals surface area (Å²) in [5.41, 5.74) is 6.67. The Morgan fingerprint density at radius 1 is 1.18 bits per heavy atom. The highest BCUT2D eigenvalue weighted by molar-refractivity contribution is 5.46. The van der Waals surface area contributed by atoms with E-state index in [1.54, 1.807) is 7.11 Å². The number of benzene rings is 1. The Hall–Kier alpha value is -1.26. The first-order chi connectivity index (χ1) is 8.33. The van der Waals surface area contributed by atoms with Crippen LogP contribution in [0.3, 0.4) is 0 Å². The Kier molecular flexibility index (Phi) is 6.43. The minimum atomic E-state index is 0.512. The van der Waals surface area contributed by atoms with Crippen LogP contribution in [0, 0.1) is 0 Å². The molecule has 96 valence electrons. The molecule has 0 spiro atoms. The summed E-state index contributed by atoms with van der Waals surface area (Å²) < 4.78 is 16.2. The van der Waals surface area contributed by atoms with Crippen LogP contribution in [0.1, 0.15) is 12.5 Å². The Bertz CT molecular complexity index is 304. The molecule has 0 unspecified atom stereocenters. The molecule has 0 amide bonds. The third kappa shape index (κ3) is 4.24. The van der Waals surface area contributed by atoms with Gasteiger partial charge in [0.2, 0.25) is 0 Å². The van der Waals surface area contributed by atoms with E-state index < -0.39 is 0 Å². The lowest BCUT2D eigenvalue weighted by Crippen LogP contribution is -2.10. The summed E-state index contributed by atoms with van der Waals surface area (Å²) in [5, 5.41) is 0. The zero-order chi connectivity index (χ0) is 12.5. The molecular weight excluding hydrogens is 218 g/mol. The van der Waals surface area contributed by atoms with Gasteiger partial charge in [-0.1, -0.05) is 12.1 Å². The van der Waals surface area contributed by atoms with E-state index in [0.29, 0.717) is 26.4 Å². The molecule has 1 aromatic carbocycles. The summed E-state index contributed by atoms with van der Waals surface area (Å²) in [5.74, 6) is 1.56. The minimum absolute atomic E-state index is 0.512. The van der Waals surface area contributed by atoms with Crippen molar-refractivity contribution in [3.8, 4) is 11.5 Å². The van der Waals surface area contributed by atoms with Gasteiger partial charge in [-0.3, -0.25) is 0 Å². The maximum absolute atomic E-state index is 5.71. The van der Waals surface area contributed by atoms with Gasteiger partial charge in [-0.2, -0.15) is 0 Å². The van der Waals surface area contributed by atoms with Gasteiger partial charge in [-0.15, -0.1) is 0 Å². The summed E-state index contributed by atoms with van der Waals surface area (Å²) in [6, 6.07) is 5.88. The number of hydrogen-bond donors (Lipinski definition) is 1. The van der Waals surface area contributed by atoms with Crippen LogP contribution in [0.25, 0.3) is 0 Å². The molecule has 0 aliphatic carbocycles. The molecule has 0 bridgehead atoms. The minimum Gasteiger partial charge on any atom is -0.490 e. The first-order valence-electron chi connectivity index (χ1n) is 5.90. The molecule has 2 N–H and O–H groups in total. The number of methoxy groups -OCH3 is 1. The van der Waals surface area contributed by atoms with Gasteiger partial charge in [0.25, 0.3) is 0 Å². The topological polar surface area (TPSA) is 53.7 Å². The third-order valence-corrected chi connectivity index (χ3v) is 2.31. The number of nitrogens with two attached hydrogens (primary N) is 1. The molecule has 1 rings (SSSR count). The monoisotopic (exact) mass is 239 g/mol. The fraction of sp³-hybridized carbons (Fsp3) is 0.538. The molecule has 0 heterocycles. The van der Waals surface area contributed by atoms with Crippen LogP contribution < -0.4 is 15.2 Å². The fourth-order valence-electron chi connectivity index (χ4n) is 1.57. The zero-order valence-corrected chi connectivity index (χ0v) is 10.6. The molecule has 1 aromatic rings. The molecule has 0 saturated carbocycles. The number of rotatable bonds is 8. The van der Waals surface area contributed by atoms with Gasteiger partial charge in [0.05, 0.1) is 13.2 Å². The van der Waals surface area contributed by atoms with Crippen molar-refractivity contribution in [2.45, 2.75) is 13.3 Å². The summed E-state index contributed by atoms with van der Waals surface area (Å²) >= 11 is 0. The Morgan fingerprint density at radius 2 is 2.00 bits per heavy atom. The summed E-state index contributed by atoms with van der Waals surface area (Å²) in [6.45, 7) is 4.23. The number of para-hydroxylation sites is 1. The molecule has 17 heavy (non-hydrogen) atoms. The molecule has 4 heteroatoms.